The van der Waals surface area contributed by atoms with Crippen molar-refractivity contribution >= 4 is 11.3 Å². The van der Waals surface area contributed by atoms with Crippen molar-refractivity contribution < 1.29 is 0 Å². The Bertz CT molecular complexity index is 435. The molecule has 5 heteroatoms. The topological polar surface area (TPSA) is 42.7 Å². The van der Waals surface area contributed by atoms with E-state index >= 15 is 0 Å². The quantitative estimate of drug-likeness (QED) is 0.854. The van der Waals surface area contributed by atoms with Gasteiger partial charge in [0.05, 0.1) is 23.4 Å². The van der Waals surface area contributed by atoms with Crippen molar-refractivity contribution in [3.05, 3.63) is 34.5 Å². The lowest BCUT2D eigenvalue weighted by Crippen LogP contribution is -2.21. The van der Waals surface area contributed by atoms with Gasteiger partial charge < -0.3 is 5.32 Å². The summed E-state index contributed by atoms with van der Waals surface area (Å²) < 4.78 is 1.85. The van der Waals surface area contributed by atoms with Gasteiger partial charge in [0.25, 0.3) is 0 Å². The van der Waals surface area contributed by atoms with Crippen LogP contribution >= 0.6 is 11.3 Å². The standard InChI is InChI=1S/C12H18N4S/c1-3-13-11(12-8-17-9-14-12)5-4-10-6-15-16(2)7-10/h6-9,11,13H,3-5H2,1-2H3. The van der Waals surface area contributed by atoms with Crippen LogP contribution in [0.25, 0.3) is 0 Å². The Labute approximate surface area is 106 Å². The molecule has 0 saturated heterocycles. The third kappa shape index (κ3) is 3.38. The van der Waals surface area contributed by atoms with Crippen LogP contribution in [-0.4, -0.2) is 21.3 Å². The van der Waals surface area contributed by atoms with Crippen molar-refractivity contribution in [2.45, 2.75) is 25.8 Å². The van der Waals surface area contributed by atoms with Crippen molar-refractivity contribution in [1.82, 2.24) is 20.1 Å². The molecule has 0 fully saturated rings. The highest BCUT2D eigenvalue weighted by molar-refractivity contribution is 7.07. The van der Waals surface area contributed by atoms with Crippen molar-refractivity contribution in [2.24, 2.45) is 7.05 Å². The summed E-state index contributed by atoms with van der Waals surface area (Å²) in [6, 6.07) is 0.353. The molecule has 1 atom stereocenters. The number of rotatable bonds is 6. The van der Waals surface area contributed by atoms with E-state index in [4.69, 9.17) is 0 Å². The third-order valence-electron chi connectivity index (χ3n) is 2.74. The Morgan fingerprint density at radius 3 is 3.00 bits per heavy atom. The van der Waals surface area contributed by atoms with Crippen LogP contribution < -0.4 is 5.32 Å². The third-order valence-corrected chi connectivity index (χ3v) is 3.34. The van der Waals surface area contributed by atoms with Gasteiger partial charge in [-0.15, -0.1) is 11.3 Å². The number of hydrogen-bond acceptors (Lipinski definition) is 4. The van der Waals surface area contributed by atoms with E-state index in [0.29, 0.717) is 6.04 Å². The molecule has 1 unspecified atom stereocenters. The van der Waals surface area contributed by atoms with E-state index in [9.17, 15) is 0 Å². The summed E-state index contributed by atoms with van der Waals surface area (Å²) in [7, 11) is 1.95. The molecule has 2 aromatic heterocycles. The Morgan fingerprint density at radius 1 is 1.53 bits per heavy atom. The zero-order chi connectivity index (χ0) is 12.1. The maximum atomic E-state index is 4.39. The molecule has 0 aliphatic rings. The zero-order valence-electron chi connectivity index (χ0n) is 10.3. The lowest BCUT2D eigenvalue weighted by Gasteiger charge is -2.14. The molecule has 2 heterocycles. The van der Waals surface area contributed by atoms with Crippen molar-refractivity contribution in [3.63, 3.8) is 0 Å². The van der Waals surface area contributed by atoms with E-state index in [-0.39, 0.29) is 0 Å². The van der Waals surface area contributed by atoms with Gasteiger partial charge in [0.1, 0.15) is 0 Å². The minimum atomic E-state index is 0.353. The number of hydrogen-bond donors (Lipinski definition) is 1. The molecule has 0 saturated carbocycles. The average Bonchev–Trinajstić information content (AvgIpc) is 2.95. The first-order valence-corrected chi connectivity index (χ1v) is 6.83. The van der Waals surface area contributed by atoms with Gasteiger partial charge in [-0.05, 0) is 24.9 Å². The molecule has 92 valence electrons. The first-order chi connectivity index (χ1) is 8.29. The molecule has 2 rings (SSSR count). The normalized spacial score (nSPS) is 12.8. The fourth-order valence-corrected chi connectivity index (χ4v) is 2.51. The SMILES string of the molecule is CCNC(CCc1cnn(C)c1)c1cscn1. The van der Waals surface area contributed by atoms with Crippen LogP contribution in [0.5, 0.6) is 0 Å². The monoisotopic (exact) mass is 250 g/mol. The second-order valence-corrected chi connectivity index (χ2v) is 4.80. The molecule has 0 aliphatic carbocycles. The maximum absolute atomic E-state index is 4.39. The summed E-state index contributed by atoms with van der Waals surface area (Å²) in [5, 5.41) is 9.79. The summed E-state index contributed by atoms with van der Waals surface area (Å²) in [6.45, 7) is 3.10. The summed E-state index contributed by atoms with van der Waals surface area (Å²) in [5.74, 6) is 0. The molecule has 17 heavy (non-hydrogen) atoms. The first kappa shape index (κ1) is 12.3. The van der Waals surface area contributed by atoms with E-state index in [1.165, 1.54) is 5.56 Å². The number of nitrogens with zero attached hydrogens (tertiary/aromatic N) is 3. The van der Waals surface area contributed by atoms with Crippen molar-refractivity contribution in [3.8, 4) is 0 Å². The summed E-state index contributed by atoms with van der Waals surface area (Å²) in [5.41, 5.74) is 4.33. The van der Waals surface area contributed by atoms with Crippen molar-refractivity contribution in [1.29, 1.82) is 0 Å². The van der Waals surface area contributed by atoms with Gasteiger partial charge in [-0.3, -0.25) is 4.68 Å². The Hall–Kier alpha value is -1.20. The maximum Gasteiger partial charge on any atom is 0.0795 e. The Balaban J connectivity index is 1.94. The highest BCUT2D eigenvalue weighted by Crippen LogP contribution is 2.18. The Kier molecular flexibility index (Phi) is 4.28. The average molecular weight is 250 g/mol. The summed E-state index contributed by atoms with van der Waals surface area (Å²) in [6.07, 6.45) is 6.10. The summed E-state index contributed by atoms with van der Waals surface area (Å²) >= 11 is 1.65. The van der Waals surface area contributed by atoms with Gasteiger partial charge >= 0.3 is 0 Å². The lowest BCUT2D eigenvalue weighted by atomic mass is 10.1. The molecule has 4 nitrogen and oxygen atoms in total. The highest BCUT2D eigenvalue weighted by Gasteiger charge is 2.12. The smallest absolute Gasteiger partial charge is 0.0795 e. The van der Waals surface area contributed by atoms with Crippen LogP contribution in [0.3, 0.4) is 0 Å². The predicted octanol–water partition coefficient (Wildman–Crippen LogP) is 2.16. The minimum absolute atomic E-state index is 0.353. The van der Waals surface area contributed by atoms with Crippen LogP contribution in [-0.2, 0) is 13.5 Å². The Morgan fingerprint density at radius 2 is 2.41 bits per heavy atom. The van der Waals surface area contributed by atoms with E-state index in [0.717, 1.165) is 25.1 Å². The van der Waals surface area contributed by atoms with Crippen molar-refractivity contribution in [2.75, 3.05) is 6.54 Å². The van der Waals surface area contributed by atoms with Gasteiger partial charge in [0.2, 0.25) is 0 Å². The van der Waals surface area contributed by atoms with Crippen LogP contribution in [0, 0.1) is 0 Å². The van der Waals surface area contributed by atoms with Crippen LogP contribution in [0.1, 0.15) is 30.6 Å². The second-order valence-electron chi connectivity index (χ2n) is 4.08. The van der Waals surface area contributed by atoms with Crippen LogP contribution in [0.15, 0.2) is 23.3 Å². The first-order valence-electron chi connectivity index (χ1n) is 5.88. The predicted molar refractivity (Wildman–Crippen MR) is 70.1 cm³/mol. The van der Waals surface area contributed by atoms with E-state index in [2.05, 4.69) is 33.9 Å². The van der Waals surface area contributed by atoms with Gasteiger partial charge in [0.15, 0.2) is 0 Å². The molecule has 0 aliphatic heterocycles. The molecular weight excluding hydrogens is 232 g/mol. The molecule has 0 bridgehead atoms. The fourth-order valence-electron chi connectivity index (χ4n) is 1.91. The van der Waals surface area contributed by atoms with Gasteiger partial charge in [-0.2, -0.15) is 5.10 Å². The molecule has 2 aromatic rings. The molecule has 0 radical (unpaired) electrons. The van der Waals surface area contributed by atoms with E-state index < -0.39 is 0 Å². The lowest BCUT2D eigenvalue weighted by molar-refractivity contribution is 0.506. The minimum Gasteiger partial charge on any atom is -0.309 e. The zero-order valence-corrected chi connectivity index (χ0v) is 11.1. The van der Waals surface area contributed by atoms with Crippen LogP contribution in [0.2, 0.25) is 0 Å². The molecular formula is C12H18N4S. The van der Waals surface area contributed by atoms with Gasteiger partial charge in [-0.25, -0.2) is 4.98 Å². The number of aryl methyl sites for hydroxylation is 2. The van der Waals surface area contributed by atoms with Gasteiger partial charge in [-0.1, -0.05) is 6.92 Å². The van der Waals surface area contributed by atoms with E-state index in [1.807, 2.05) is 23.4 Å². The molecule has 0 spiro atoms. The fraction of sp³-hybridized carbons (Fsp3) is 0.500. The highest BCUT2D eigenvalue weighted by atomic mass is 32.1. The molecule has 0 amide bonds. The largest absolute Gasteiger partial charge is 0.309 e. The molecule has 1 N–H and O–H groups in total. The second kappa shape index (κ2) is 5.93. The van der Waals surface area contributed by atoms with E-state index in [1.54, 1.807) is 11.3 Å². The number of nitrogens with one attached hydrogen (secondary N) is 1. The number of aromatic nitrogens is 3. The van der Waals surface area contributed by atoms with Crippen LogP contribution in [0.4, 0.5) is 0 Å². The molecule has 0 aromatic carbocycles. The summed E-state index contributed by atoms with van der Waals surface area (Å²) in [4.78, 5) is 4.39. The van der Waals surface area contributed by atoms with Gasteiger partial charge in [0, 0.05) is 18.6 Å². The number of thiazole rings is 1.